The monoisotopic (exact) mass is 418 g/mol. The highest BCUT2D eigenvalue weighted by atomic mass is 35.5. The molecule has 0 saturated carbocycles. The molecule has 2 aromatic rings. The summed E-state index contributed by atoms with van der Waals surface area (Å²) in [6.07, 6.45) is 1.38. The summed E-state index contributed by atoms with van der Waals surface area (Å²) < 4.78 is 5.39. The van der Waals surface area contributed by atoms with Gasteiger partial charge in [0.05, 0.1) is 5.92 Å². The highest BCUT2D eigenvalue weighted by Crippen LogP contribution is 2.21. The summed E-state index contributed by atoms with van der Waals surface area (Å²) in [5.74, 6) is -0.177. The van der Waals surface area contributed by atoms with Crippen molar-refractivity contribution < 1.29 is 14.3 Å². The van der Waals surface area contributed by atoms with E-state index in [1.165, 1.54) is 0 Å². The lowest BCUT2D eigenvalue weighted by Crippen LogP contribution is -2.42. The van der Waals surface area contributed by atoms with Crippen LogP contribution in [0.25, 0.3) is 0 Å². The number of aromatic nitrogens is 3. The molecule has 3 rings (SSSR count). The summed E-state index contributed by atoms with van der Waals surface area (Å²) in [4.78, 5) is 40.8. The number of piperidine rings is 1. The van der Waals surface area contributed by atoms with Crippen LogP contribution in [0.2, 0.25) is 5.02 Å². The van der Waals surface area contributed by atoms with Crippen molar-refractivity contribution in [3.63, 3.8) is 0 Å². The molecule has 2 N–H and O–H groups in total. The van der Waals surface area contributed by atoms with Crippen molar-refractivity contribution in [3.05, 3.63) is 40.7 Å². The third kappa shape index (κ3) is 5.32. The Hall–Kier alpha value is -2.94. The Kier molecular flexibility index (Phi) is 6.48. The normalized spacial score (nSPS) is 16.4. The molecule has 2 heterocycles. The van der Waals surface area contributed by atoms with Gasteiger partial charge in [0.15, 0.2) is 12.4 Å². The maximum Gasteiger partial charge on any atom is 0.311 e. The third-order valence-electron chi connectivity index (χ3n) is 4.56. The van der Waals surface area contributed by atoms with Crippen LogP contribution in [-0.2, 0) is 16.1 Å². The minimum atomic E-state index is -0.396. The smallest absolute Gasteiger partial charge is 0.311 e. The molecule has 10 heteroatoms. The van der Waals surface area contributed by atoms with Gasteiger partial charge in [0.1, 0.15) is 0 Å². The van der Waals surface area contributed by atoms with Gasteiger partial charge in [-0.3, -0.25) is 9.59 Å². The topological polar surface area (TPSA) is 115 Å². The number of halogens is 1. The number of nitrogen functional groups attached to an aromatic ring is 1. The second-order valence-electron chi connectivity index (χ2n) is 7.01. The Morgan fingerprint density at radius 3 is 2.66 bits per heavy atom. The van der Waals surface area contributed by atoms with E-state index in [2.05, 4.69) is 15.0 Å². The molecule has 0 unspecified atom stereocenters. The van der Waals surface area contributed by atoms with E-state index in [1.54, 1.807) is 48.2 Å². The van der Waals surface area contributed by atoms with Gasteiger partial charge in [0, 0.05) is 37.8 Å². The Morgan fingerprint density at radius 1 is 1.24 bits per heavy atom. The molecule has 1 aliphatic heterocycles. The lowest BCUT2D eigenvalue weighted by molar-refractivity contribution is -0.151. The van der Waals surface area contributed by atoms with Gasteiger partial charge in [-0.15, -0.1) is 0 Å². The molecule has 0 bridgehead atoms. The van der Waals surface area contributed by atoms with Crippen LogP contribution in [0.3, 0.4) is 0 Å². The van der Waals surface area contributed by atoms with E-state index >= 15 is 0 Å². The van der Waals surface area contributed by atoms with E-state index in [1.807, 2.05) is 0 Å². The maximum atomic E-state index is 12.7. The first kappa shape index (κ1) is 20.8. The Balaban J connectivity index is 1.60. The molecule has 1 atom stereocenters. The number of esters is 1. The van der Waals surface area contributed by atoms with Crippen molar-refractivity contribution in [2.24, 2.45) is 5.92 Å². The van der Waals surface area contributed by atoms with Crippen LogP contribution in [0.5, 0.6) is 0 Å². The molecule has 1 aliphatic rings. The zero-order valence-electron chi connectivity index (χ0n) is 16.3. The van der Waals surface area contributed by atoms with Gasteiger partial charge in [-0.1, -0.05) is 11.6 Å². The number of rotatable bonds is 5. The first-order valence-electron chi connectivity index (χ1n) is 9.22. The van der Waals surface area contributed by atoms with Crippen molar-refractivity contribution in [3.8, 4) is 0 Å². The first-order valence-corrected chi connectivity index (χ1v) is 9.60. The Labute approximate surface area is 173 Å². The minimum absolute atomic E-state index is 0.0622. The number of hydrogen-bond acceptors (Lipinski definition) is 8. The molecule has 9 nitrogen and oxygen atoms in total. The number of carbonyl (C=O) groups excluding carboxylic acids is 2. The van der Waals surface area contributed by atoms with Crippen LogP contribution in [0.15, 0.2) is 24.3 Å². The predicted molar refractivity (Wildman–Crippen MR) is 108 cm³/mol. The maximum absolute atomic E-state index is 12.7. The lowest BCUT2D eigenvalue weighted by atomic mass is 9.97. The fourth-order valence-corrected chi connectivity index (χ4v) is 3.20. The van der Waals surface area contributed by atoms with Gasteiger partial charge in [-0.25, -0.2) is 0 Å². The largest absolute Gasteiger partial charge is 0.457 e. The van der Waals surface area contributed by atoms with Gasteiger partial charge < -0.3 is 20.3 Å². The number of nitrogens with two attached hydrogens (primary N) is 1. The molecule has 29 heavy (non-hydrogen) atoms. The van der Waals surface area contributed by atoms with E-state index in [9.17, 15) is 9.59 Å². The molecule has 0 spiro atoms. The lowest BCUT2D eigenvalue weighted by Gasteiger charge is -2.31. The number of benzene rings is 1. The van der Waals surface area contributed by atoms with Crippen molar-refractivity contribution in [2.45, 2.75) is 19.4 Å². The second kappa shape index (κ2) is 9.04. The zero-order chi connectivity index (χ0) is 21.0. The summed E-state index contributed by atoms with van der Waals surface area (Å²) in [7, 11) is 3.55. The molecule has 0 radical (unpaired) electrons. The molecule has 1 saturated heterocycles. The van der Waals surface area contributed by atoms with E-state index in [-0.39, 0.29) is 30.3 Å². The number of hydrogen-bond donors (Lipinski definition) is 1. The van der Waals surface area contributed by atoms with Gasteiger partial charge >= 0.3 is 5.97 Å². The van der Waals surface area contributed by atoms with Gasteiger partial charge in [0.2, 0.25) is 11.9 Å². The number of likely N-dealkylation sites (tertiary alicyclic amines) is 1. The van der Waals surface area contributed by atoms with Crippen LogP contribution >= 0.6 is 11.6 Å². The number of ether oxygens (including phenoxy) is 1. The van der Waals surface area contributed by atoms with Gasteiger partial charge in [-0.2, -0.15) is 15.0 Å². The van der Waals surface area contributed by atoms with Crippen molar-refractivity contribution in [1.82, 2.24) is 19.9 Å². The number of nitrogens with zero attached hydrogens (tertiary/aromatic N) is 5. The third-order valence-corrected chi connectivity index (χ3v) is 4.82. The Morgan fingerprint density at radius 2 is 1.97 bits per heavy atom. The highest BCUT2D eigenvalue weighted by molar-refractivity contribution is 6.30. The second-order valence-corrected chi connectivity index (χ2v) is 7.45. The predicted octanol–water partition coefficient (Wildman–Crippen LogP) is 1.77. The average Bonchev–Trinajstić information content (AvgIpc) is 2.71. The molecular weight excluding hydrogens is 396 g/mol. The summed E-state index contributed by atoms with van der Waals surface area (Å²) in [6.45, 7) is 0.804. The van der Waals surface area contributed by atoms with Crippen LogP contribution < -0.4 is 10.6 Å². The van der Waals surface area contributed by atoms with E-state index in [4.69, 9.17) is 22.1 Å². The van der Waals surface area contributed by atoms with Crippen LogP contribution in [0, 0.1) is 5.92 Å². The molecule has 0 aliphatic carbocycles. The minimum Gasteiger partial charge on any atom is -0.457 e. The first-order chi connectivity index (χ1) is 13.8. The molecule has 1 aromatic carbocycles. The molecule has 1 amide bonds. The zero-order valence-corrected chi connectivity index (χ0v) is 17.1. The van der Waals surface area contributed by atoms with Crippen LogP contribution in [0.1, 0.15) is 29.0 Å². The van der Waals surface area contributed by atoms with Crippen molar-refractivity contribution >= 4 is 35.4 Å². The fourth-order valence-electron chi connectivity index (χ4n) is 3.07. The van der Waals surface area contributed by atoms with E-state index < -0.39 is 5.92 Å². The summed E-state index contributed by atoms with van der Waals surface area (Å²) >= 11 is 5.88. The molecule has 154 valence electrons. The van der Waals surface area contributed by atoms with E-state index in [0.29, 0.717) is 36.0 Å². The van der Waals surface area contributed by atoms with Crippen molar-refractivity contribution in [2.75, 3.05) is 37.8 Å². The Bertz CT molecular complexity index is 890. The molecule has 1 fully saturated rings. The van der Waals surface area contributed by atoms with E-state index in [0.717, 1.165) is 6.42 Å². The highest BCUT2D eigenvalue weighted by Gasteiger charge is 2.30. The van der Waals surface area contributed by atoms with Gasteiger partial charge in [-0.05, 0) is 37.1 Å². The SMILES string of the molecule is CN(C)c1nc(N)nc(COC(=O)[C@H]2CCCN(C(=O)c3ccc(Cl)cc3)C2)n1. The summed E-state index contributed by atoms with van der Waals surface area (Å²) in [5.41, 5.74) is 6.22. The van der Waals surface area contributed by atoms with Crippen molar-refractivity contribution in [1.29, 1.82) is 0 Å². The summed E-state index contributed by atoms with van der Waals surface area (Å²) in [6, 6.07) is 6.71. The fraction of sp³-hybridized carbons (Fsp3) is 0.421. The van der Waals surface area contributed by atoms with Crippen LogP contribution in [0.4, 0.5) is 11.9 Å². The van der Waals surface area contributed by atoms with Crippen LogP contribution in [-0.4, -0.2) is 58.9 Å². The quantitative estimate of drug-likeness (QED) is 0.730. The molecular formula is C19H23ClN6O3. The number of carbonyl (C=O) groups is 2. The number of anilines is 2. The number of amides is 1. The average molecular weight is 419 g/mol. The van der Waals surface area contributed by atoms with Gasteiger partial charge in [0.25, 0.3) is 5.91 Å². The molecule has 1 aromatic heterocycles. The summed E-state index contributed by atoms with van der Waals surface area (Å²) in [5, 5.41) is 0.568. The standard InChI is InChI=1S/C19H23ClN6O3/c1-25(2)19-23-15(22-18(21)24-19)11-29-17(28)13-4-3-9-26(10-13)16(27)12-5-7-14(20)8-6-12/h5-8,13H,3-4,9-11H2,1-2H3,(H2,21,22,23,24)/t13-/m0/s1.